The van der Waals surface area contributed by atoms with Gasteiger partial charge in [-0.3, -0.25) is 0 Å². The lowest BCUT2D eigenvalue weighted by atomic mass is 10.1. The van der Waals surface area contributed by atoms with Crippen molar-refractivity contribution in [3.63, 3.8) is 0 Å². The van der Waals surface area contributed by atoms with Crippen molar-refractivity contribution in [2.75, 3.05) is 32.9 Å². The summed E-state index contributed by atoms with van der Waals surface area (Å²) in [4.78, 5) is 25.8. The number of halogens is 4. The molecular weight excluding hydrogens is 616 g/mol. The van der Waals surface area contributed by atoms with E-state index in [9.17, 15) is 14.7 Å². The van der Waals surface area contributed by atoms with Crippen LogP contribution in [0.4, 0.5) is 4.79 Å². The molecule has 0 spiro atoms. The first-order valence-electron chi connectivity index (χ1n) is 12.6. The average Bonchev–Trinajstić information content (AvgIpc) is 2.91. The molecule has 220 valence electrons. The fraction of sp³-hybridized carbons (Fsp3) is 0.310. The van der Waals surface area contributed by atoms with Gasteiger partial charge in [0.05, 0.1) is 24.8 Å². The quantitative estimate of drug-likeness (QED) is 0.172. The van der Waals surface area contributed by atoms with E-state index in [1.807, 2.05) is 0 Å². The molecule has 3 aromatic carbocycles. The minimum Gasteiger partial charge on any atom is -0.492 e. The van der Waals surface area contributed by atoms with Gasteiger partial charge in [0.1, 0.15) is 12.4 Å². The minimum absolute atomic E-state index is 0.156. The lowest BCUT2D eigenvalue weighted by Crippen LogP contribution is -2.39. The van der Waals surface area contributed by atoms with Gasteiger partial charge in [-0.2, -0.15) is 0 Å². The number of hydrogen-bond acceptors (Lipinski definition) is 6. The third-order valence-corrected chi connectivity index (χ3v) is 6.63. The molecule has 0 aliphatic carbocycles. The smallest absolute Gasteiger partial charge is 0.415 e. The largest absolute Gasteiger partial charge is 0.492 e. The van der Waals surface area contributed by atoms with Gasteiger partial charge < -0.3 is 29.0 Å². The minimum atomic E-state index is -1.01. The zero-order valence-electron chi connectivity index (χ0n) is 22.2. The molecule has 1 N–H and O–H groups in total. The summed E-state index contributed by atoms with van der Waals surface area (Å²) < 4.78 is 22.3. The summed E-state index contributed by atoms with van der Waals surface area (Å²) in [5.74, 6) is -0.289. The number of nitrogens with zero attached hydrogens (tertiary/aromatic N) is 1. The van der Waals surface area contributed by atoms with Crippen LogP contribution in [0.3, 0.4) is 0 Å². The Labute approximate surface area is 258 Å². The average molecular weight is 645 g/mol. The summed E-state index contributed by atoms with van der Waals surface area (Å²) in [7, 11) is 0. The van der Waals surface area contributed by atoms with Gasteiger partial charge in [0.25, 0.3) is 0 Å². The van der Waals surface area contributed by atoms with Crippen LogP contribution in [0.15, 0.2) is 60.7 Å². The first-order chi connectivity index (χ1) is 19.6. The molecule has 0 radical (unpaired) electrons. The second-order valence-corrected chi connectivity index (χ2v) is 10.5. The summed E-state index contributed by atoms with van der Waals surface area (Å²) >= 11 is 24.2. The SMILES string of the molecule is CCOC(Cc1ccc(OCCN(CCOCc2cc(Cl)cc(Cl)c2)C(=O)Oc2ccc(Cl)cc2Cl)cc1)C(=O)O. The fourth-order valence-corrected chi connectivity index (χ4v) is 4.72. The van der Waals surface area contributed by atoms with E-state index in [0.29, 0.717) is 27.4 Å². The van der Waals surface area contributed by atoms with E-state index in [0.717, 1.165) is 11.1 Å². The Hall–Kier alpha value is -2.72. The van der Waals surface area contributed by atoms with Crippen LogP contribution in [0.25, 0.3) is 0 Å². The topological polar surface area (TPSA) is 94.5 Å². The van der Waals surface area contributed by atoms with E-state index >= 15 is 0 Å². The normalized spacial score (nSPS) is 11.6. The van der Waals surface area contributed by atoms with Gasteiger partial charge in [-0.15, -0.1) is 0 Å². The molecule has 8 nitrogen and oxygen atoms in total. The molecule has 3 rings (SSSR count). The third-order valence-electron chi connectivity index (χ3n) is 5.66. The van der Waals surface area contributed by atoms with E-state index in [-0.39, 0.29) is 50.1 Å². The first-order valence-corrected chi connectivity index (χ1v) is 14.2. The van der Waals surface area contributed by atoms with Crippen LogP contribution in [-0.2, 0) is 27.3 Å². The van der Waals surface area contributed by atoms with Gasteiger partial charge in [0.2, 0.25) is 0 Å². The molecule has 0 saturated heterocycles. The molecule has 1 amide bonds. The van der Waals surface area contributed by atoms with Crippen LogP contribution in [0, 0.1) is 0 Å². The summed E-state index contributed by atoms with van der Waals surface area (Å²) in [5.41, 5.74) is 1.59. The van der Waals surface area contributed by atoms with Crippen molar-refractivity contribution in [2.24, 2.45) is 0 Å². The Morgan fingerprint density at radius 2 is 1.54 bits per heavy atom. The van der Waals surface area contributed by atoms with E-state index in [2.05, 4.69) is 0 Å². The maximum Gasteiger partial charge on any atom is 0.415 e. The van der Waals surface area contributed by atoms with Gasteiger partial charge in [-0.05, 0) is 66.6 Å². The molecule has 0 aliphatic heterocycles. The van der Waals surface area contributed by atoms with E-state index < -0.39 is 18.2 Å². The number of carbonyl (C=O) groups excluding carboxylic acids is 1. The second kappa shape index (κ2) is 16.7. The number of carbonyl (C=O) groups is 2. The highest BCUT2D eigenvalue weighted by atomic mass is 35.5. The lowest BCUT2D eigenvalue weighted by Gasteiger charge is -2.22. The number of carboxylic acids is 1. The molecule has 1 atom stereocenters. The van der Waals surface area contributed by atoms with E-state index in [1.54, 1.807) is 55.5 Å². The molecule has 3 aromatic rings. The molecule has 1 unspecified atom stereocenters. The molecular formula is C29H29Cl4NO7. The number of hydrogen-bond donors (Lipinski definition) is 1. The Kier molecular flexibility index (Phi) is 13.3. The summed E-state index contributed by atoms with van der Waals surface area (Å²) in [5, 5.41) is 10.9. The molecule has 0 aromatic heterocycles. The van der Waals surface area contributed by atoms with Gasteiger partial charge in [-0.25, -0.2) is 9.59 Å². The van der Waals surface area contributed by atoms with Crippen LogP contribution < -0.4 is 9.47 Å². The fourth-order valence-electron chi connectivity index (χ4n) is 3.70. The van der Waals surface area contributed by atoms with E-state index in [4.69, 9.17) is 65.4 Å². The molecule has 0 bridgehead atoms. The third kappa shape index (κ3) is 11.2. The van der Waals surface area contributed by atoms with Crippen molar-refractivity contribution in [1.82, 2.24) is 4.90 Å². The maximum absolute atomic E-state index is 13.0. The van der Waals surface area contributed by atoms with Crippen molar-refractivity contribution in [2.45, 2.75) is 26.1 Å². The van der Waals surface area contributed by atoms with Gasteiger partial charge >= 0.3 is 12.1 Å². The summed E-state index contributed by atoms with van der Waals surface area (Å²) in [6.07, 6.45) is -1.32. The Morgan fingerprint density at radius 3 is 2.17 bits per heavy atom. The monoisotopic (exact) mass is 643 g/mol. The van der Waals surface area contributed by atoms with Crippen molar-refractivity contribution in [1.29, 1.82) is 0 Å². The highest BCUT2D eigenvalue weighted by Gasteiger charge is 2.19. The molecule has 12 heteroatoms. The number of rotatable bonds is 15. The highest BCUT2D eigenvalue weighted by molar-refractivity contribution is 6.35. The molecule has 0 heterocycles. The van der Waals surface area contributed by atoms with Crippen molar-refractivity contribution in [3.05, 3.63) is 91.9 Å². The number of aliphatic carboxylic acids is 1. The maximum atomic E-state index is 13.0. The van der Waals surface area contributed by atoms with Crippen LogP contribution >= 0.6 is 46.4 Å². The Balaban J connectivity index is 1.58. The van der Waals surface area contributed by atoms with Crippen LogP contribution in [0.2, 0.25) is 20.1 Å². The van der Waals surface area contributed by atoms with Gasteiger partial charge in [0.15, 0.2) is 11.9 Å². The molecule has 0 aliphatic rings. The van der Waals surface area contributed by atoms with E-state index in [1.165, 1.54) is 17.0 Å². The van der Waals surface area contributed by atoms with Gasteiger partial charge in [-0.1, -0.05) is 58.5 Å². The van der Waals surface area contributed by atoms with Crippen molar-refractivity contribution >= 4 is 58.5 Å². The number of ether oxygens (including phenoxy) is 4. The highest BCUT2D eigenvalue weighted by Crippen LogP contribution is 2.28. The van der Waals surface area contributed by atoms with Crippen molar-refractivity contribution < 1.29 is 33.6 Å². The zero-order valence-corrected chi connectivity index (χ0v) is 25.2. The predicted molar refractivity (Wildman–Crippen MR) is 159 cm³/mol. The van der Waals surface area contributed by atoms with Crippen molar-refractivity contribution in [3.8, 4) is 11.5 Å². The predicted octanol–water partition coefficient (Wildman–Crippen LogP) is 7.43. The lowest BCUT2D eigenvalue weighted by molar-refractivity contribution is -0.149. The van der Waals surface area contributed by atoms with Crippen LogP contribution in [0.1, 0.15) is 18.1 Å². The van der Waals surface area contributed by atoms with Gasteiger partial charge in [0, 0.05) is 34.6 Å². The standard InChI is InChI=1S/C29H29Cl4NO7/c1-2-39-27(28(35)36)15-19-3-6-24(7-4-19)40-12-10-34(29(37)41-26-8-5-21(30)17-25(26)33)9-11-38-18-20-13-22(31)16-23(32)14-20/h3-8,13-14,16-17,27H,2,9-12,15,18H2,1H3,(H,35,36). The Morgan fingerprint density at radius 1 is 0.854 bits per heavy atom. The molecule has 0 saturated carbocycles. The van der Waals surface area contributed by atoms with Crippen LogP contribution in [-0.4, -0.2) is 61.1 Å². The van der Waals surface area contributed by atoms with Crippen LogP contribution in [0.5, 0.6) is 11.5 Å². The summed E-state index contributed by atoms with van der Waals surface area (Å²) in [6, 6.07) is 16.7. The number of carboxylic acid groups (broad SMARTS) is 1. The summed E-state index contributed by atoms with van der Waals surface area (Å²) in [6.45, 7) is 3.05. The molecule has 41 heavy (non-hydrogen) atoms. The Bertz CT molecular complexity index is 1290. The number of benzene rings is 3. The number of amides is 1. The zero-order chi connectivity index (χ0) is 29.8. The second-order valence-electron chi connectivity index (χ2n) is 8.74. The first kappa shape index (κ1) is 32.8. The molecule has 0 fully saturated rings.